The molecule has 1 nitrogen and oxygen atoms in total. The van der Waals surface area contributed by atoms with E-state index in [-0.39, 0.29) is 0 Å². The molecule has 1 aromatic carbocycles. The first-order valence-electron chi connectivity index (χ1n) is 5.57. The molecule has 0 amide bonds. The van der Waals surface area contributed by atoms with Crippen molar-refractivity contribution in [1.29, 1.82) is 0 Å². The molecule has 0 N–H and O–H groups in total. The van der Waals surface area contributed by atoms with Crippen molar-refractivity contribution in [1.82, 2.24) is 0 Å². The predicted molar refractivity (Wildman–Crippen MR) is 68.2 cm³/mol. The van der Waals surface area contributed by atoms with Crippen LogP contribution in [0.25, 0.3) is 0 Å². The first kappa shape index (κ1) is 12.8. The fourth-order valence-corrected chi connectivity index (χ4v) is 5.08. The van der Waals surface area contributed by atoms with Gasteiger partial charge in [-0.15, -0.1) is 0 Å². The van der Waals surface area contributed by atoms with Gasteiger partial charge in [0.2, 0.25) is 0 Å². The number of hydrogen-bond donors (Lipinski definition) is 0. The number of hydrogen-bond acceptors (Lipinski definition) is 1. The standard InChI is InChI=1S/C10H11O.3CH3.Sn/c1-2-6-10(11)9-7-4-3-5-8-9;;;;/h3-5,7-8H,1-2,6H2;3*1H3;. The van der Waals surface area contributed by atoms with Crippen molar-refractivity contribution in [2.75, 3.05) is 0 Å². The molecule has 0 aliphatic rings. The van der Waals surface area contributed by atoms with E-state index >= 15 is 0 Å². The van der Waals surface area contributed by atoms with Crippen LogP contribution >= 0.6 is 0 Å². The van der Waals surface area contributed by atoms with Crippen molar-refractivity contribution in [3.63, 3.8) is 0 Å². The number of carbonyl (C=O) groups excluding carboxylic acids is 1. The fourth-order valence-electron chi connectivity index (χ4n) is 1.55. The molecule has 0 radical (unpaired) electrons. The summed E-state index contributed by atoms with van der Waals surface area (Å²) >= 11 is -1.65. The molecule has 0 heterocycles. The molecule has 0 spiro atoms. The average molecular weight is 311 g/mol. The van der Waals surface area contributed by atoms with E-state index in [4.69, 9.17) is 0 Å². The van der Waals surface area contributed by atoms with Crippen molar-refractivity contribution >= 4 is 24.2 Å². The molecule has 0 bridgehead atoms. The first-order valence-corrected chi connectivity index (χ1v) is 16.2. The van der Waals surface area contributed by atoms with E-state index in [9.17, 15) is 4.79 Å². The minimum atomic E-state index is -1.65. The molecule has 0 saturated heterocycles. The monoisotopic (exact) mass is 312 g/mol. The Labute approximate surface area is 96.8 Å². The van der Waals surface area contributed by atoms with E-state index in [1.807, 2.05) is 30.3 Å². The van der Waals surface area contributed by atoms with Gasteiger partial charge in [0.05, 0.1) is 0 Å². The summed E-state index contributed by atoms with van der Waals surface area (Å²) < 4.78 is 1.31. The molecule has 2 heteroatoms. The van der Waals surface area contributed by atoms with Crippen LogP contribution in [0.2, 0.25) is 19.3 Å². The van der Waals surface area contributed by atoms with E-state index < -0.39 is 18.4 Å². The second-order valence-corrected chi connectivity index (χ2v) is 21.2. The van der Waals surface area contributed by atoms with Crippen LogP contribution in [0.4, 0.5) is 0 Å². The third-order valence-electron chi connectivity index (χ3n) is 2.43. The molecular formula is C13H20OSn. The summed E-state index contributed by atoms with van der Waals surface area (Å²) in [5, 5.41) is 0. The summed E-state index contributed by atoms with van der Waals surface area (Å²) in [4.78, 5) is 19.0. The van der Waals surface area contributed by atoms with Gasteiger partial charge in [-0.1, -0.05) is 0 Å². The van der Waals surface area contributed by atoms with Crippen LogP contribution in [0.1, 0.15) is 23.2 Å². The normalized spacial score (nSPS) is 11.4. The third kappa shape index (κ3) is 5.35. The number of carbonyl (C=O) groups is 1. The molecule has 1 aromatic rings. The van der Waals surface area contributed by atoms with E-state index in [1.54, 1.807) is 0 Å². The topological polar surface area (TPSA) is 17.1 Å². The number of rotatable bonds is 5. The van der Waals surface area contributed by atoms with Gasteiger partial charge in [0.25, 0.3) is 0 Å². The number of benzene rings is 1. The summed E-state index contributed by atoms with van der Waals surface area (Å²) in [7, 11) is 0. The van der Waals surface area contributed by atoms with Crippen molar-refractivity contribution in [3.05, 3.63) is 35.9 Å². The quantitative estimate of drug-likeness (QED) is 0.594. The van der Waals surface area contributed by atoms with Crippen molar-refractivity contribution < 1.29 is 4.79 Å². The maximum absolute atomic E-state index is 11.8. The Kier molecular flexibility index (Phi) is 4.84. The summed E-state index contributed by atoms with van der Waals surface area (Å²) in [5.74, 6) is 0.297. The predicted octanol–water partition coefficient (Wildman–Crippen LogP) is 3.99. The van der Waals surface area contributed by atoms with Gasteiger partial charge in [0.15, 0.2) is 0 Å². The van der Waals surface area contributed by atoms with Crippen LogP contribution in [0.15, 0.2) is 30.3 Å². The van der Waals surface area contributed by atoms with Gasteiger partial charge in [-0.25, -0.2) is 0 Å². The maximum atomic E-state index is 11.8. The Morgan fingerprint density at radius 3 is 2.27 bits per heavy atom. The zero-order chi connectivity index (χ0) is 11.3. The third-order valence-corrected chi connectivity index (χ3v) is 7.72. The molecule has 0 fully saturated rings. The van der Waals surface area contributed by atoms with Crippen LogP contribution in [0.5, 0.6) is 0 Å². The van der Waals surface area contributed by atoms with Crippen molar-refractivity contribution in [2.24, 2.45) is 0 Å². The van der Waals surface area contributed by atoms with Gasteiger partial charge < -0.3 is 0 Å². The Balaban J connectivity index is 2.38. The second-order valence-electron chi connectivity index (χ2n) is 5.20. The zero-order valence-corrected chi connectivity index (χ0v) is 12.8. The van der Waals surface area contributed by atoms with E-state index in [0.717, 1.165) is 18.4 Å². The van der Waals surface area contributed by atoms with Gasteiger partial charge in [-0.3, -0.25) is 0 Å². The zero-order valence-electron chi connectivity index (χ0n) is 9.92. The molecule has 0 unspecified atom stereocenters. The van der Waals surface area contributed by atoms with Crippen LogP contribution in [-0.4, -0.2) is 24.2 Å². The molecule has 0 saturated carbocycles. The SMILES string of the molecule is [CH3][Sn]([CH3])([CH3])[CH2]CCC(=O)c1ccccc1. The first-order chi connectivity index (χ1) is 6.99. The Hall–Kier alpha value is -0.311. The molecule has 0 aliphatic heterocycles. The molecule has 15 heavy (non-hydrogen) atoms. The summed E-state index contributed by atoms with van der Waals surface area (Å²) in [6.45, 7) is 0. The molecule has 0 aromatic heterocycles. The average Bonchev–Trinajstić information content (AvgIpc) is 2.17. The molecule has 0 aliphatic carbocycles. The van der Waals surface area contributed by atoms with E-state index in [0.29, 0.717) is 5.78 Å². The summed E-state index contributed by atoms with van der Waals surface area (Å²) in [5.41, 5.74) is 0.863. The van der Waals surface area contributed by atoms with Crippen LogP contribution in [0.3, 0.4) is 0 Å². The minimum absolute atomic E-state index is 0.297. The van der Waals surface area contributed by atoms with Crippen molar-refractivity contribution in [3.8, 4) is 0 Å². The number of ketones is 1. The Morgan fingerprint density at radius 1 is 1.13 bits per heavy atom. The van der Waals surface area contributed by atoms with Gasteiger partial charge in [0.1, 0.15) is 0 Å². The van der Waals surface area contributed by atoms with Crippen LogP contribution < -0.4 is 0 Å². The molecule has 82 valence electrons. The Bertz CT molecular complexity index is 311. The number of Topliss-reactive ketones (excluding diaryl/α,β-unsaturated/α-hetero) is 1. The van der Waals surface area contributed by atoms with Crippen molar-refractivity contribution in [2.45, 2.75) is 32.1 Å². The van der Waals surface area contributed by atoms with Gasteiger partial charge in [-0.2, -0.15) is 0 Å². The molecule has 1 rings (SSSR count). The molecular weight excluding hydrogens is 291 g/mol. The van der Waals surface area contributed by atoms with Gasteiger partial charge in [0, 0.05) is 0 Å². The van der Waals surface area contributed by atoms with Crippen LogP contribution in [0, 0.1) is 0 Å². The summed E-state index contributed by atoms with van der Waals surface area (Å²) in [6, 6.07) is 9.61. The molecule has 0 atom stereocenters. The van der Waals surface area contributed by atoms with E-state index in [2.05, 4.69) is 14.8 Å². The second kappa shape index (κ2) is 5.69. The summed E-state index contributed by atoms with van der Waals surface area (Å²) in [6.07, 6.45) is 1.80. The van der Waals surface area contributed by atoms with Crippen LogP contribution in [-0.2, 0) is 0 Å². The van der Waals surface area contributed by atoms with E-state index in [1.165, 1.54) is 4.44 Å². The fraction of sp³-hybridized carbons (Fsp3) is 0.462. The Morgan fingerprint density at radius 2 is 1.73 bits per heavy atom. The van der Waals surface area contributed by atoms with Gasteiger partial charge in [-0.05, 0) is 0 Å². The van der Waals surface area contributed by atoms with Gasteiger partial charge >= 0.3 is 96.9 Å².